The number of hydrogen-bond acceptors (Lipinski definition) is 4. The van der Waals surface area contributed by atoms with Crippen LogP contribution in [0.15, 0.2) is 0 Å². The van der Waals surface area contributed by atoms with E-state index < -0.39 is 0 Å². The average molecular weight is 158 g/mol. The van der Waals surface area contributed by atoms with Crippen molar-refractivity contribution in [2.75, 3.05) is 20.2 Å². The first-order valence-corrected chi connectivity index (χ1v) is 3.73. The number of esters is 1. The highest BCUT2D eigenvalue weighted by molar-refractivity contribution is 5.70. The van der Waals surface area contributed by atoms with E-state index in [4.69, 9.17) is 5.73 Å². The number of carbonyl (C=O) groups excluding carboxylic acids is 1. The van der Waals surface area contributed by atoms with Gasteiger partial charge in [-0.1, -0.05) is 0 Å². The Hall–Kier alpha value is -0.610. The van der Waals surface area contributed by atoms with Crippen molar-refractivity contribution in [3.8, 4) is 0 Å². The van der Waals surface area contributed by atoms with Gasteiger partial charge < -0.3 is 15.8 Å². The normalized spacial score (nSPS) is 30.4. The molecule has 64 valence electrons. The first-order chi connectivity index (χ1) is 5.16. The predicted octanol–water partition coefficient (Wildman–Crippen LogP) is -0.760. The van der Waals surface area contributed by atoms with Crippen LogP contribution in [0.1, 0.15) is 12.8 Å². The largest absolute Gasteiger partial charge is 0.469 e. The molecule has 0 bridgehead atoms. The van der Waals surface area contributed by atoms with Crippen LogP contribution < -0.4 is 11.1 Å². The van der Waals surface area contributed by atoms with Gasteiger partial charge in [-0.2, -0.15) is 0 Å². The fraction of sp³-hybridized carbons (Fsp3) is 0.857. The fourth-order valence-electron chi connectivity index (χ4n) is 1.27. The summed E-state index contributed by atoms with van der Waals surface area (Å²) in [5.74, 6) is -0.226. The van der Waals surface area contributed by atoms with Gasteiger partial charge in [0.15, 0.2) is 0 Å². The van der Waals surface area contributed by atoms with Gasteiger partial charge in [-0.3, -0.25) is 4.79 Å². The zero-order valence-corrected chi connectivity index (χ0v) is 6.72. The molecule has 1 heterocycles. The van der Waals surface area contributed by atoms with Crippen LogP contribution in [0, 0.1) is 0 Å². The summed E-state index contributed by atoms with van der Waals surface area (Å²) in [6.07, 6.45) is 1.17. The molecule has 0 saturated carbocycles. The Balaban J connectivity index is 2.39. The Bertz CT molecular complexity index is 153. The highest BCUT2D eigenvalue weighted by Gasteiger charge is 2.31. The quantitative estimate of drug-likeness (QED) is 0.518. The van der Waals surface area contributed by atoms with Crippen molar-refractivity contribution < 1.29 is 9.53 Å². The van der Waals surface area contributed by atoms with Crippen LogP contribution in [0.3, 0.4) is 0 Å². The lowest BCUT2D eigenvalue weighted by Crippen LogP contribution is -2.44. The van der Waals surface area contributed by atoms with E-state index in [0.717, 1.165) is 13.0 Å². The number of methoxy groups -OCH3 is 1. The van der Waals surface area contributed by atoms with E-state index in [0.29, 0.717) is 13.0 Å². The molecular weight excluding hydrogens is 144 g/mol. The van der Waals surface area contributed by atoms with Gasteiger partial charge in [0, 0.05) is 12.1 Å². The molecule has 0 aromatic rings. The number of nitrogens with one attached hydrogen (secondary N) is 1. The molecule has 1 unspecified atom stereocenters. The molecule has 3 N–H and O–H groups in total. The van der Waals surface area contributed by atoms with Gasteiger partial charge in [-0.05, 0) is 13.0 Å². The van der Waals surface area contributed by atoms with Crippen molar-refractivity contribution in [3.05, 3.63) is 0 Å². The smallest absolute Gasteiger partial charge is 0.307 e. The van der Waals surface area contributed by atoms with Gasteiger partial charge in [0.25, 0.3) is 0 Å². The first kappa shape index (κ1) is 8.49. The Kier molecular flexibility index (Phi) is 2.46. The van der Waals surface area contributed by atoms with Crippen LogP contribution in [-0.2, 0) is 9.53 Å². The van der Waals surface area contributed by atoms with Crippen LogP contribution in [0.4, 0.5) is 0 Å². The van der Waals surface area contributed by atoms with E-state index in [9.17, 15) is 4.79 Å². The molecule has 0 aromatic carbocycles. The van der Waals surface area contributed by atoms with Crippen molar-refractivity contribution in [2.45, 2.75) is 18.4 Å². The predicted molar refractivity (Wildman–Crippen MR) is 41.0 cm³/mol. The fourth-order valence-corrected chi connectivity index (χ4v) is 1.27. The topological polar surface area (TPSA) is 64.3 Å². The standard InChI is InChI=1S/C7H14N2O2/c1-11-6(10)4-7(8)2-3-9-5-7/h9H,2-5,8H2,1H3. The maximum atomic E-state index is 10.8. The lowest BCUT2D eigenvalue weighted by atomic mass is 9.96. The van der Waals surface area contributed by atoms with E-state index >= 15 is 0 Å². The van der Waals surface area contributed by atoms with Crippen LogP contribution in [-0.4, -0.2) is 31.7 Å². The summed E-state index contributed by atoms with van der Waals surface area (Å²) in [5, 5.41) is 3.11. The van der Waals surface area contributed by atoms with E-state index in [1.165, 1.54) is 7.11 Å². The number of nitrogens with two attached hydrogens (primary N) is 1. The summed E-state index contributed by atoms with van der Waals surface area (Å²) in [4.78, 5) is 10.8. The number of rotatable bonds is 2. The second kappa shape index (κ2) is 3.19. The SMILES string of the molecule is COC(=O)CC1(N)CCNC1. The van der Waals surface area contributed by atoms with Crippen LogP contribution >= 0.6 is 0 Å². The number of ether oxygens (including phenoxy) is 1. The number of hydrogen-bond donors (Lipinski definition) is 2. The average Bonchev–Trinajstić information content (AvgIpc) is 2.36. The second-order valence-electron chi connectivity index (χ2n) is 3.04. The molecule has 1 saturated heterocycles. The van der Waals surface area contributed by atoms with Crippen molar-refractivity contribution in [3.63, 3.8) is 0 Å². The molecule has 0 amide bonds. The molecule has 0 aliphatic carbocycles. The first-order valence-electron chi connectivity index (χ1n) is 3.73. The van der Waals surface area contributed by atoms with E-state index in [1.807, 2.05) is 0 Å². The summed E-state index contributed by atoms with van der Waals surface area (Å²) in [7, 11) is 1.38. The van der Waals surface area contributed by atoms with Crippen molar-refractivity contribution in [1.82, 2.24) is 5.32 Å². The highest BCUT2D eigenvalue weighted by Crippen LogP contribution is 2.15. The molecule has 1 atom stereocenters. The Morgan fingerprint density at radius 2 is 2.55 bits per heavy atom. The van der Waals surface area contributed by atoms with E-state index in [-0.39, 0.29) is 11.5 Å². The molecule has 1 aliphatic rings. The van der Waals surface area contributed by atoms with Crippen LogP contribution in [0.2, 0.25) is 0 Å². The minimum Gasteiger partial charge on any atom is -0.469 e. The third-order valence-electron chi connectivity index (χ3n) is 2.00. The molecule has 1 fully saturated rings. The molecule has 11 heavy (non-hydrogen) atoms. The van der Waals surface area contributed by atoms with Crippen LogP contribution in [0.5, 0.6) is 0 Å². The monoisotopic (exact) mass is 158 g/mol. The second-order valence-corrected chi connectivity index (χ2v) is 3.04. The molecule has 1 aliphatic heterocycles. The zero-order valence-electron chi connectivity index (χ0n) is 6.72. The molecule has 0 spiro atoms. The molecule has 4 nitrogen and oxygen atoms in total. The minimum absolute atomic E-state index is 0.226. The molecule has 0 aromatic heterocycles. The lowest BCUT2D eigenvalue weighted by Gasteiger charge is -2.20. The van der Waals surface area contributed by atoms with Gasteiger partial charge in [-0.25, -0.2) is 0 Å². The third-order valence-corrected chi connectivity index (χ3v) is 2.00. The summed E-state index contributed by atoms with van der Waals surface area (Å²) in [6.45, 7) is 1.61. The zero-order chi connectivity index (χ0) is 8.32. The molecule has 4 heteroatoms. The highest BCUT2D eigenvalue weighted by atomic mass is 16.5. The molecule has 0 radical (unpaired) electrons. The number of carbonyl (C=O) groups is 1. The minimum atomic E-state index is -0.368. The lowest BCUT2D eigenvalue weighted by molar-refractivity contribution is -0.141. The van der Waals surface area contributed by atoms with Gasteiger partial charge in [0.2, 0.25) is 0 Å². The van der Waals surface area contributed by atoms with Crippen LogP contribution in [0.25, 0.3) is 0 Å². The summed E-state index contributed by atoms with van der Waals surface area (Å²) >= 11 is 0. The third kappa shape index (κ3) is 2.17. The summed E-state index contributed by atoms with van der Waals surface area (Å²) in [5.41, 5.74) is 5.50. The van der Waals surface area contributed by atoms with E-state index in [1.54, 1.807) is 0 Å². The summed E-state index contributed by atoms with van der Waals surface area (Å²) in [6, 6.07) is 0. The van der Waals surface area contributed by atoms with Gasteiger partial charge >= 0.3 is 5.97 Å². The van der Waals surface area contributed by atoms with Crippen molar-refractivity contribution in [1.29, 1.82) is 0 Å². The van der Waals surface area contributed by atoms with Gasteiger partial charge in [0.05, 0.1) is 13.5 Å². The van der Waals surface area contributed by atoms with Gasteiger partial charge in [-0.15, -0.1) is 0 Å². The Morgan fingerprint density at radius 1 is 1.82 bits per heavy atom. The molecular formula is C7H14N2O2. The molecule has 1 rings (SSSR count). The van der Waals surface area contributed by atoms with Crippen molar-refractivity contribution in [2.24, 2.45) is 5.73 Å². The maximum Gasteiger partial charge on any atom is 0.307 e. The van der Waals surface area contributed by atoms with Gasteiger partial charge in [0.1, 0.15) is 0 Å². The van der Waals surface area contributed by atoms with Crippen molar-refractivity contribution >= 4 is 5.97 Å². The summed E-state index contributed by atoms with van der Waals surface area (Å²) < 4.78 is 4.53. The van der Waals surface area contributed by atoms with E-state index in [2.05, 4.69) is 10.1 Å². The maximum absolute atomic E-state index is 10.8. The Morgan fingerprint density at radius 3 is 3.00 bits per heavy atom. The Labute approximate surface area is 66.1 Å².